The Morgan fingerprint density at radius 3 is 2.50 bits per heavy atom. The van der Waals surface area contributed by atoms with Crippen LogP contribution in [0.15, 0.2) is 53.6 Å². The van der Waals surface area contributed by atoms with E-state index in [2.05, 4.69) is 15.3 Å². The lowest BCUT2D eigenvalue weighted by Crippen LogP contribution is -1.98. The number of anilines is 2. The van der Waals surface area contributed by atoms with E-state index in [1.54, 1.807) is 24.3 Å². The number of nitrogens with zero attached hydrogens (tertiary/aromatic N) is 1. The first kappa shape index (κ1) is 12.7. The number of hydrogen-bond acceptors (Lipinski definition) is 4. The lowest BCUT2D eigenvalue weighted by Gasteiger charge is -2.06. The zero-order valence-electron chi connectivity index (χ0n) is 10.8. The largest absolute Gasteiger partial charge is 0.346 e. The molecule has 0 saturated carbocycles. The van der Waals surface area contributed by atoms with E-state index in [0.29, 0.717) is 10.7 Å². The third-order valence-corrected chi connectivity index (χ3v) is 4.09. The van der Waals surface area contributed by atoms with Crippen LogP contribution in [0.5, 0.6) is 0 Å². The Morgan fingerprint density at radius 1 is 1.05 bits per heavy atom. The van der Waals surface area contributed by atoms with Gasteiger partial charge in [0, 0.05) is 23.5 Å². The van der Waals surface area contributed by atoms with E-state index in [1.165, 1.54) is 6.26 Å². The Balaban J connectivity index is 1.87. The molecule has 102 valence electrons. The summed E-state index contributed by atoms with van der Waals surface area (Å²) < 4.78 is 22.8. The van der Waals surface area contributed by atoms with Crippen molar-refractivity contribution in [3.8, 4) is 0 Å². The van der Waals surface area contributed by atoms with Gasteiger partial charge in [0.25, 0.3) is 0 Å². The quantitative estimate of drug-likeness (QED) is 0.776. The van der Waals surface area contributed by atoms with Crippen LogP contribution in [0.2, 0.25) is 0 Å². The van der Waals surface area contributed by atoms with E-state index in [4.69, 9.17) is 0 Å². The van der Waals surface area contributed by atoms with Crippen LogP contribution in [0.1, 0.15) is 0 Å². The Kier molecular flexibility index (Phi) is 2.94. The molecule has 2 heterocycles. The SMILES string of the molecule is CS(=O)(=O)c1ccc(Nc2ccc3cc[nH]c3n2)cc1. The first-order chi connectivity index (χ1) is 9.52. The number of aromatic amines is 1. The van der Waals surface area contributed by atoms with Gasteiger partial charge < -0.3 is 10.3 Å². The average molecular weight is 287 g/mol. The van der Waals surface area contributed by atoms with Crippen LogP contribution >= 0.6 is 0 Å². The van der Waals surface area contributed by atoms with Gasteiger partial charge in [-0.25, -0.2) is 13.4 Å². The second kappa shape index (κ2) is 4.64. The minimum atomic E-state index is -3.16. The maximum atomic E-state index is 11.4. The van der Waals surface area contributed by atoms with Gasteiger partial charge in [0.05, 0.1) is 4.90 Å². The van der Waals surface area contributed by atoms with Crippen molar-refractivity contribution in [2.45, 2.75) is 4.90 Å². The van der Waals surface area contributed by atoms with E-state index < -0.39 is 9.84 Å². The van der Waals surface area contributed by atoms with Crippen molar-refractivity contribution < 1.29 is 8.42 Å². The van der Waals surface area contributed by atoms with E-state index in [1.807, 2.05) is 24.4 Å². The molecule has 0 unspecified atom stereocenters. The summed E-state index contributed by atoms with van der Waals surface area (Å²) in [6, 6.07) is 12.4. The van der Waals surface area contributed by atoms with Crippen LogP contribution in [0.4, 0.5) is 11.5 Å². The predicted molar refractivity (Wildman–Crippen MR) is 78.9 cm³/mol. The van der Waals surface area contributed by atoms with Gasteiger partial charge in [-0.15, -0.1) is 0 Å². The maximum absolute atomic E-state index is 11.4. The van der Waals surface area contributed by atoms with E-state index >= 15 is 0 Å². The topological polar surface area (TPSA) is 74.8 Å². The number of sulfone groups is 1. The third kappa shape index (κ3) is 2.50. The molecule has 2 N–H and O–H groups in total. The number of hydrogen-bond donors (Lipinski definition) is 2. The zero-order chi connectivity index (χ0) is 14.2. The van der Waals surface area contributed by atoms with Crippen LogP contribution in [0.25, 0.3) is 11.0 Å². The Bertz CT molecular complexity index is 852. The summed E-state index contributed by atoms with van der Waals surface area (Å²) in [5.41, 5.74) is 1.60. The highest BCUT2D eigenvalue weighted by molar-refractivity contribution is 7.90. The van der Waals surface area contributed by atoms with E-state index in [-0.39, 0.29) is 0 Å². The number of rotatable bonds is 3. The van der Waals surface area contributed by atoms with Crippen molar-refractivity contribution in [2.75, 3.05) is 11.6 Å². The number of pyridine rings is 1. The van der Waals surface area contributed by atoms with Crippen LogP contribution < -0.4 is 5.32 Å². The second-order valence-corrected chi connectivity index (χ2v) is 6.55. The fourth-order valence-electron chi connectivity index (χ4n) is 1.93. The summed E-state index contributed by atoms with van der Waals surface area (Å²) in [4.78, 5) is 7.76. The maximum Gasteiger partial charge on any atom is 0.175 e. The molecule has 20 heavy (non-hydrogen) atoms. The van der Waals surface area contributed by atoms with Gasteiger partial charge in [-0.3, -0.25) is 0 Å². The van der Waals surface area contributed by atoms with Crippen molar-refractivity contribution in [1.29, 1.82) is 0 Å². The first-order valence-corrected chi connectivity index (χ1v) is 7.93. The zero-order valence-corrected chi connectivity index (χ0v) is 11.6. The van der Waals surface area contributed by atoms with Gasteiger partial charge in [-0.1, -0.05) is 0 Å². The molecule has 0 amide bonds. The molecular weight excluding hydrogens is 274 g/mol. The van der Waals surface area contributed by atoms with Crippen molar-refractivity contribution in [3.63, 3.8) is 0 Å². The average Bonchev–Trinajstić information content (AvgIpc) is 2.86. The molecular formula is C14H13N3O2S. The molecule has 6 heteroatoms. The van der Waals surface area contributed by atoms with E-state index in [0.717, 1.165) is 16.7 Å². The fraction of sp³-hybridized carbons (Fsp3) is 0.0714. The van der Waals surface area contributed by atoms with Crippen LogP contribution in [0.3, 0.4) is 0 Å². The van der Waals surface area contributed by atoms with Crippen LogP contribution in [-0.4, -0.2) is 24.6 Å². The standard InChI is InChI=1S/C14H13N3O2S/c1-20(18,19)12-5-3-11(4-6-12)16-13-7-2-10-8-9-15-14(10)17-13/h2-9H,1H3,(H2,15,16,17). The molecule has 3 aromatic rings. The van der Waals surface area contributed by atoms with Gasteiger partial charge in [-0.2, -0.15) is 0 Å². The molecule has 0 aliphatic rings. The Morgan fingerprint density at radius 2 is 1.80 bits per heavy atom. The summed E-state index contributed by atoms with van der Waals surface area (Å²) in [7, 11) is -3.16. The summed E-state index contributed by atoms with van der Waals surface area (Å²) >= 11 is 0. The van der Waals surface area contributed by atoms with Gasteiger partial charge >= 0.3 is 0 Å². The molecule has 5 nitrogen and oxygen atoms in total. The van der Waals surface area contributed by atoms with Crippen molar-refractivity contribution in [2.24, 2.45) is 0 Å². The normalized spacial score (nSPS) is 11.7. The number of fused-ring (bicyclic) bond motifs is 1. The molecule has 0 radical (unpaired) electrons. The fourth-order valence-corrected chi connectivity index (χ4v) is 2.56. The number of benzene rings is 1. The molecule has 0 aliphatic carbocycles. The summed E-state index contributed by atoms with van der Waals surface area (Å²) in [6.45, 7) is 0. The Hall–Kier alpha value is -2.34. The molecule has 3 rings (SSSR count). The minimum Gasteiger partial charge on any atom is -0.346 e. The van der Waals surface area contributed by atoms with Gasteiger partial charge in [0.2, 0.25) is 0 Å². The highest BCUT2D eigenvalue weighted by Crippen LogP contribution is 2.19. The molecule has 0 fully saturated rings. The lowest BCUT2D eigenvalue weighted by molar-refractivity contribution is 0.602. The third-order valence-electron chi connectivity index (χ3n) is 2.96. The smallest absolute Gasteiger partial charge is 0.175 e. The summed E-state index contributed by atoms with van der Waals surface area (Å²) in [6.07, 6.45) is 3.03. The summed E-state index contributed by atoms with van der Waals surface area (Å²) in [5.74, 6) is 0.701. The van der Waals surface area contributed by atoms with Crippen LogP contribution in [0, 0.1) is 0 Å². The minimum absolute atomic E-state index is 0.302. The molecule has 1 aromatic carbocycles. The molecule has 0 bridgehead atoms. The van der Waals surface area contributed by atoms with Gasteiger partial charge in [0.15, 0.2) is 9.84 Å². The Labute approximate surface area is 116 Å². The molecule has 0 saturated heterocycles. The van der Waals surface area contributed by atoms with E-state index in [9.17, 15) is 8.42 Å². The number of aromatic nitrogens is 2. The predicted octanol–water partition coefficient (Wildman–Crippen LogP) is 2.71. The summed E-state index contributed by atoms with van der Waals surface area (Å²) in [5, 5.41) is 4.18. The van der Waals surface area contributed by atoms with Gasteiger partial charge in [-0.05, 0) is 42.5 Å². The highest BCUT2D eigenvalue weighted by atomic mass is 32.2. The first-order valence-electron chi connectivity index (χ1n) is 6.04. The molecule has 2 aromatic heterocycles. The number of nitrogens with one attached hydrogen (secondary N) is 2. The molecule has 0 spiro atoms. The van der Waals surface area contributed by atoms with Crippen LogP contribution in [-0.2, 0) is 9.84 Å². The number of H-pyrrole nitrogens is 1. The monoisotopic (exact) mass is 287 g/mol. The van der Waals surface area contributed by atoms with Crippen molar-refractivity contribution in [1.82, 2.24) is 9.97 Å². The van der Waals surface area contributed by atoms with Crippen molar-refractivity contribution >= 4 is 32.4 Å². The molecule has 0 atom stereocenters. The highest BCUT2D eigenvalue weighted by Gasteiger charge is 2.06. The van der Waals surface area contributed by atoms with Gasteiger partial charge in [0.1, 0.15) is 11.5 Å². The van der Waals surface area contributed by atoms with Crippen molar-refractivity contribution in [3.05, 3.63) is 48.7 Å². The molecule has 0 aliphatic heterocycles. The second-order valence-electron chi connectivity index (χ2n) is 4.53. The lowest BCUT2D eigenvalue weighted by atomic mass is 10.3.